The fraction of sp³-hybridized carbons (Fsp3) is 0.818. The number of ether oxygens (including phenoxy) is 1. The van der Waals surface area contributed by atoms with E-state index in [0.717, 1.165) is 12.8 Å². The van der Waals surface area contributed by atoms with E-state index in [1.54, 1.807) is 7.11 Å². The summed E-state index contributed by atoms with van der Waals surface area (Å²) in [7, 11) is 1.56. The quantitative estimate of drug-likeness (QED) is 0.472. The van der Waals surface area contributed by atoms with Crippen molar-refractivity contribution in [2.45, 2.75) is 32.2 Å². The Morgan fingerprint density at radius 1 is 1.29 bits per heavy atom. The van der Waals surface area contributed by atoms with Gasteiger partial charge in [0.05, 0.1) is 13.2 Å². The van der Waals surface area contributed by atoms with Gasteiger partial charge in [-0.3, -0.25) is 9.59 Å². The molecular weight excluding hydrogens is 222 g/mol. The molecule has 0 radical (unpaired) electrons. The van der Waals surface area contributed by atoms with Gasteiger partial charge in [0.15, 0.2) is 0 Å². The van der Waals surface area contributed by atoms with Gasteiger partial charge in [-0.1, -0.05) is 13.3 Å². The molecule has 100 valence electrons. The van der Waals surface area contributed by atoms with Crippen LogP contribution in [-0.4, -0.2) is 44.7 Å². The summed E-state index contributed by atoms with van der Waals surface area (Å²) < 4.78 is 4.78. The average molecular weight is 245 g/mol. The van der Waals surface area contributed by atoms with E-state index in [1.807, 2.05) is 6.92 Å². The molecule has 0 spiro atoms. The zero-order valence-corrected chi connectivity index (χ0v) is 10.6. The van der Waals surface area contributed by atoms with E-state index in [2.05, 4.69) is 10.6 Å². The van der Waals surface area contributed by atoms with E-state index >= 15 is 0 Å². The normalized spacial score (nSPS) is 11.9. The van der Waals surface area contributed by atoms with Crippen molar-refractivity contribution >= 4 is 11.8 Å². The van der Waals surface area contributed by atoms with E-state index < -0.39 is 0 Å². The largest absolute Gasteiger partial charge is 0.383 e. The molecule has 17 heavy (non-hydrogen) atoms. The van der Waals surface area contributed by atoms with Crippen molar-refractivity contribution in [1.82, 2.24) is 10.6 Å². The highest BCUT2D eigenvalue weighted by atomic mass is 16.5. The summed E-state index contributed by atoms with van der Waals surface area (Å²) in [6, 6.07) is -0.128. The van der Waals surface area contributed by atoms with Crippen molar-refractivity contribution in [2.75, 3.05) is 26.8 Å². The Morgan fingerprint density at radius 3 is 2.59 bits per heavy atom. The van der Waals surface area contributed by atoms with Gasteiger partial charge in [-0.25, -0.2) is 0 Å². The summed E-state index contributed by atoms with van der Waals surface area (Å²) >= 11 is 0. The minimum Gasteiger partial charge on any atom is -0.383 e. The van der Waals surface area contributed by atoms with Crippen LogP contribution in [0.2, 0.25) is 0 Å². The zero-order valence-electron chi connectivity index (χ0n) is 10.6. The molecule has 4 N–H and O–H groups in total. The summed E-state index contributed by atoms with van der Waals surface area (Å²) in [6.45, 7) is 2.91. The first-order valence-corrected chi connectivity index (χ1v) is 5.88. The predicted octanol–water partition coefficient (Wildman–Crippen LogP) is -0.617. The van der Waals surface area contributed by atoms with Crippen LogP contribution in [0, 0.1) is 0 Å². The van der Waals surface area contributed by atoms with Crippen LogP contribution in [0.5, 0.6) is 0 Å². The van der Waals surface area contributed by atoms with Crippen molar-refractivity contribution in [2.24, 2.45) is 5.73 Å². The van der Waals surface area contributed by atoms with Crippen LogP contribution >= 0.6 is 0 Å². The smallest absolute Gasteiger partial charge is 0.239 e. The molecular formula is C11H23N3O3. The van der Waals surface area contributed by atoms with E-state index in [4.69, 9.17) is 10.5 Å². The van der Waals surface area contributed by atoms with Crippen molar-refractivity contribution in [3.05, 3.63) is 0 Å². The summed E-state index contributed by atoms with van der Waals surface area (Å²) in [5.74, 6) is -0.410. The predicted molar refractivity (Wildman–Crippen MR) is 65.4 cm³/mol. The number of nitrogens with one attached hydrogen (secondary N) is 2. The SMILES string of the molecule is CCCC(N)CC(=O)NCC(=O)NCCOC. The molecule has 0 saturated heterocycles. The van der Waals surface area contributed by atoms with Gasteiger partial charge >= 0.3 is 0 Å². The van der Waals surface area contributed by atoms with Crippen LogP contribution in [0.1, 0.15) is 26.2 Å². The molecule has 1 unspecified atom stereocenters. The number of rotatable bonds is 9. The molecule has 0 aliphatic carbocycles. The van der Waals surface area contributed by atoms with Gasteiger partial charge in [0.2, 0.25) is 11.8 Å². The summed E-state index contributed by atoms with van der Waals surface area (Å²) in [5.41, 5.74) is 5.71. The third-order valence-corrected chi connectivity index (χ3v) is 2.18. The third-order valence-electron chi connectivity index (χ3n) is 2.18. The lowest BCUT2D eigenvalue weighted by Gasteiger charge is -2.10. The van der Waals surface area contributed by atoms with Crippen molar-refractivity contribution < 1.29 is 14.3 Å². The topological polar surface area (TPSA) is 93.5 Å². The molecule has 0 aromatic carbocycles. The fourth-order valence-electron chi connectivity index (χ4n) is 1.32. The van der Waals surface area contributed by atoms with Gasteiger partial charge in [-0.15, -0.1) is 0 Å². The molecule has 0 aromatic heterocycles. The number of methoxy groups -OCH3 is 1. The number of hydrogen-bond donors (Lipinski definition) is 3. The molecule has 0 aliphatic rings. The molecule has 0 aliphatic heterocycles. The lowest BCUT2D eigenvalue weighted by Crippen LogP contribution is -2.39. The zero-order chi connectivity index (χ0) is 13.1. The Hall–Kier alpha value is -1.14. The van der Waals surface area contributed by atoms with Crippen LogP contribution in [0.15, 0.2) is 0 Å². The average Bonchev–Trinajstić information content (AvgIpc) is 2.27. The molecule has 6 heteroatoms. The summed E-state index contributed by atoms with van der Waals surface area (Å²) in [4.78, 5) is 22.6. The Balaban J connectivity index is 3.58. The third kappa shape index (κ3) is 9.77. The van der Waals surface area contributed by atoms with Gasteiger partial charge in [-0.2, -0.15) is 0 Å². The van der Waals surface area contributed by atoms with Crippen LogP contribution in [0.25, 0.3) is 0 Å². The van der Waals surface area contributed by atoms with Crippen LogP contribution in [-0.2, 0) is 14.3 Å². The maximum absolute atomic E-state index is 11.4. The highest BCUT2D eigenvalue weighted by Gasteiger charge is 2.09. The second-order valence-electron chi connectivity index (χ2n) is 3.87. The number of amides is 2. The first-order chi connectivity index (χ1) is 8.10. The first kappa shape index (κ1) is 15.9. The maximum atomic E-state index is 11.4. The van der Waals surface area contributed by atoms with Crippen LogP contribution in [0.4, 0.5) is 0 Å². The van der Waals surface area contributed by atoms with E-state index in [9.17, 15) is 9.59 Å². The van der Waals surface area contributed by atoms with Gasteiger partial charge in [-0.05, 0) is 6.42 Å². The minimum atomic E-state index is -0.223. The lowest BCUT2D eigenvalue weighted by atomic mass is 10.1. The molecule has 0 bridgehead atoms. The van der Waals surface area contributed by atoms with Gasteiger partial charge in [0, 0.05) is 26.1 Å². The highest BCUT2D eigenvalue weighted by molar-refractivity contribution is 5.84. The fourth-order valence-corrected chi connectivity index (χ4v) is 1.32. The van der Waals surface area contributed by atoms with Crippen molar-refractivity contribution in [3.63, 3.8) is 0 Å². The molecule has 0 saturated carbocycles. The van der Waals surface area contributed by atoms with Gasteiger partial charge < -0.3 is 21.1 Å². The molecule has 0 rings (SSSR count). The Labute approximate surface area is 102 Å². The maximum Gasteiger partial charge on any atom is 0.239 e. The highest BCUT2D eigenvalue weighted by Crippen LogP contribution is 1.97. The lowest BCUT2D eigenvalue weighted by molar-refractivity contribution is -0.126. The first-order valence-electron chi connectivity index (χ1n) is 5.88. The minimum absolute atomic E-state index is 0.0125. The number of carbonyl (C=O) groups is 2. The van der Waals surface area contributed by atoms with E-state index in [1.165, 1.54) is 0 Å². The monoisotopic (exact) mass is 245 g/mol. The van der Waals surface area contributed by atoms with Crippen molar-refractivity contribution in [1.29, 1.82) is 0 Å². The number of carbonyl (C=O) groups excluding carboxylic acids is 2. The molecule has 0 fully saturated rings. The number of nitrogens with two attached hydrogens (primary N) is 1. The van der Waals surface area contributed by atoms with Crippen LogP contribution in [0.3, 0.4) is 0 Å². The van der Waals surface area contributed by atoms with Gasteiger partial charge in [0.1, 0.15) is 0 Å². The Morgan fingerprint density at radius 2 is 2.00 bits per heavy atom. The van der Waals surface area contributed by atoms with Gasteiger partial charge in [0.25, 0.3) is 0 Å². The molecule has 1 atom stereocenters. The Bertz CT molecular complexity index is 234. The van der Waals surface area contributed by atoms with Crippen LogP contribution < -0.4 is 16.4 Å². The standard InChI is InChI=1S/C11H23N3O3/c1-3-4-9(12)7-10(15)14-8-11(16)13-5-6-17-2/h9H,3-8,12H2,1-2H3,(H,13,16)(H,14,15). The van der Waals surface area contributed by atoms with Crippen molar-refractivity contribution in [3.8, 4) is 0 Å². The summed E-state index contributed by atoms with van der Waals surface area (Å²) in [6.07, 6.45) is 2.03. The molecule has 2 amide bonds. The number of hydrogen-bond acceptors (Lipinski definition) is 4. The second-order valence-corrected chi connectivity index (χ2v) is 3.87. The second kappa shape index (κ2) is 10.0. The van der Waals surface area contributed by atoms with E-state index in [-0.39, 0.29) is 30.8 Å². The molecule has 0 heterocycles. The molecule has 6 nitrogen and oxygen atoms in total. The Kier molecular flexibility index (Phi) is 9.37. The van der Waals surface area contributed by atoms with E-state index in [0.29, 0.717) is 13.2 Å². The summed E-state index contributed by atoms with van der Waals surface area (Å²) in [5, 5.41) is 5.13. The molecule has 0 aromatic rings.